The minimum atomic E-state index is 0.492. The number of halogens is 1. The van der Waals surface area contributed by atoms with Crippen LogP contribution in [0.2, 0.25) is 5.02 Å². The predicted molar refractivity (Wildman–Crippen MR) is 70.4 cm³/mol. The van der Waals surface area contributed by atoms with Gasteiger partial charge < -0.3 is 10.1 Å². The van der Waals surface area contributed by atoms with Crippen LogP contribution in [0.4, 0.5) is 5.69 Å². The molecule has 3 nitrogen and oxygen atoms in total. The third-order valence-electron chi connectivity index (χ3n) is 2.34. The largest absolute Gasteiger partial charge is 0.385 e. The van der Waals surface area contributed by atoms with Crippen LogP contribution in [-0.4, -0.2) is 19.8 Å². The van der Waals surface area contributed by atoms with Crippen molar-refractivity contribution in [3.8, 4) is 6.07 Å². The molecule has 0 spiro atoms. The van der Waals surface area contributed by atoms with Crippen LogP contribution in [-0.2, 0) is 4.74 Å². The minimum Gasteiger partial charge on any atom is -0.385 e. The molecular weight excluding hydrogens is 236 g/mol. The third kappa shape index (κ3) is 5.08. The normalized spacial score (nSPS) is 9.94. The highest BCUT2D eigenvalue weighted by Gasteiger charge is 2.00. The lowest BCUT2D eigenvalue weighted by Gasteiger charge is -2.07. The van der Waals surface area contributed by atoms with Crippen molar-refractivity contribution in [1.29, 1.82) is 5.26 Å². The first-order valence-electron chi connectivity index (χ1n) is 5.79. The molecule has 4 heteroatoms. The average molecular weight is 253 g/mol. The predicted octanol–water partition coefficient (Wildman–Crippen LogP) is 3.44. The Kier molecular flexibility index (Phi) is 6.46. The van der Waals surface area contributed by atoms with Crippen LogP contribution >= 0.6 is 11.6 Å². The fourth-order valence-electron chi connectivity index (χ4n) is 1.42. The molecule has 0 saturated heterocycles. The number of hydrogen-bond acceptors (Lipinski definition) is 3. The number of nitrogens with one attached hydrogen (secondary N) is 1. The van der Waals surface area contributed by atoms with E-state index in [-0.39, 0.29) is 0 Å². The van der Waals surface area contributed by atoms with Crippen molar-refractivity contribution in [3.05, 3.63) is 28.8 Å². The Labute approximate surface area is 107 Å². The second-order valence-electron chi connectivity index (χ2n) is 3.64. The number of nitrogens with zero attached hydrogens (tertiary/aromatic N) is 1. The molecule has 17 heavy (non-hydrogen) atoms. The topological polar surface area (TPSA) is 45.0 Å². The van der Waals surface area contributed by atoms with E-state index in [1.165, 1.54) is 0 Å². The van der Waals surface area contributed by atoms with E-state index < -0.39 is 0 Å². The molecule has 92 valence electrons. The first-order valence-corrected chi connectivity index (χ1v) is 6.17. The second kappa shape index (κ2) is 7.94. The lowest BCUT2D eigenvalue weighted by atomic mass is 10.2. The summed E-state index contributed by atoms with van der Waals surface area (Å²) in [5, 5.41) is 12.5. The summed E-state index contributed by atoms with van der Waals surface area (Å²) in [6, 6.07) is 7.41. The second-order valence-corrected chi connectivity index (χ2v) is 4.04. The SMILES string of the molecule is CCOCCCCNc1ccc(C#N)c(Cl)c1. The number of nitriles is 1. The van der Waals surface area contributed by atoms with Gasteiger partial charge in [0.15, 0.2) is 0 Å². The quantitative estimate of drug-likeness (QED) is 0.756. The lowest BCUT2D eigenvalue weighted by Crippen LogP contribution is -2.03. The van der Waals surface area contributed by atoms with Gasteiger partial charge in [0, 0.05) is 25.4 Å². The highest BCUT2D eigenvalue weighted by Crippen LogP contribution is 2.20. The Bertz CT molecular complexity index is 387. The van der Waals surface area contributed by atoms with Gasteiger partial charge in [-0.3, -0.25) is 0 Å². The zero-order valence-electron chi connectivity index (χ0n) is 10.0. The maximum Gasteiger partial charge on any atom is 0.101 e. The third-order valence-corrected chi connectivity index (χ3v) is 2.65. The summed E-state index contributed by atoms with van der Waals surface area (Å²) < 4.78 is 5.25. The molecule has 1 N–H and O–H groups in total. The van der Waals surface area contributed by atoms with Gasteiger partial charge in [-0.2, -0.15) is 5.26 Å². The molecular formula is C13H17ClN2O. The van der Waals surface area contributed by atoms with E-state index in [1.807, 2.05) is 19.1 Å². The van der Waals surface area contributed by atoms with Gasteiger partial charge >= 0.3 is 0 Å². The molecule has 0 bridgehead atoms. The van der Waals surface area contributed by atoms with Crippen molar-refractivity contribution in [1.82, 2.24) is 0 Å². The summed E-state index contributed by atoms with van der Waals surface area (Å²) in [4.78, 5) is 0. The highest BCUT2D eigenvalue weighted by molar-refractivity contribution is 6.32. The Hall–Kier alpha value is -1.24. The summed E-state index contributed by atoms with van der Waals surface area (Å²) in [5.74, 6) is 0. The van der Waals surface area contributed by atoms with Gasteiger partial charge in [0.1, 0.15) is 6.07 Å². The van der Waals surface area contributed by atoms with Crippen LogP contribution in [0.25, 0.3) is 0 Å². The molecule has 0 amide bonds. The monoisotopic (exact) mass is 252 g/mol. The molecule has 1 aromatic rings. The van der Waals surface area contributed by atoms with Crippen molar-refractivity contribution < 1.29 is 4.74 Å². The Morgan fingerprint density at radius 2 is 2.24 bits per heavy atom. The Morgan fingerprint density at radius 1 is 1.41 bits per heavy atom. The van der Waals surface area contributed by atoms with Gasteiger partial charge in [-0.1, -0.05) is 11.6 Å². The zero-order chi connectivity index (χ0) is 12.5. The lowest BCUT2D eigenvalue weighted by molar-refractivity contribution is 0.144. The van der Waals surface area contributed by atoms with Crippen molar-refractivity contribution in [2.24, 2.45) is 0 Å². The number of ether oxygens (including phenoxy) is 1. The van der Waals surface area contributed by atoms with Gasteiger partial charge in [-0.15, -0.1) is 0 Å². The van der Waals surface area contributed by atoms with Crippen LogP contribution in [0.3, 0.4) is 0 Å². The number of benzene rings is 1. The minimum absolute atomic E-state index is 0.492. The smallest absolute Gasteiger partial charge is 0.101 e. The number of unbranched alkanes of at least 4 members (excludes halogenated alkanes) is 1. The van der Waals surface area contributed by atoms with Gasteiger partial charge in [-0.25, -0.2) is 0 Å². The Balaban J connectivity index is 2.28. The average Bonchev–Trinajstić information content (AvgIpc) is 2.34. The van der Waals surface area contributed by atoms with E-state index in [1.54, 1.807) is 12.1 Å². The molecule has 0 aromatic heterocycles. The van der Waals surface area contributed by atoms with E-state index in [4.69, 9.17) is 21.6 Å². The summed E-state index contributed by atoms with van der Waals surface area (Å²) in [7, 11) is 0. The molecule has 0 radical (unpaired) electrons. The molecule has 0 fully saturated rings. The number of anilines is 1. The van der Waals surface area contributed by atoms with Crippen molar-refractivity contribution in [2.75, 3.05) is 25.1 Å². The van der Waals surface area contributed by atoms with Gasteiger partial charge in [-0.05, 0) is 38.0 Å². The van der Waals surface area contributed by atoms with Gasteiger partial charge in [0.25, 0.3) is 0 Å². The summed E-state index contributed by atoms with van der Waals surface area (Å²) in [6.07, 6.45) is 2.10. The molecule has 0 aliphatic rings. The maximum atomic E-state index is 8.74. The first kappa shape index (κ1) is 13.8. The van der Waals surface area contributed by atoms with E-state index in [0.29, 0.717) is 10.6 Å². The maximum absolute atomic E-state index is 8.74. The molecule has 1 rings (SSSR count). The highest BCUT2D eigenvalue weighted by atomic mass is 35.5. The summed E-state index contributed by atoms with van der Waals surface area (Å²) in [6.45, 7) is 4.47. The molecule has 0 aliphatic heterocycles. The fraction of sp³-hybridized carbons (Fsp3) is 0.462. The van der Waals surface area contributed by atoms with Gasteiger partial charge in [0.2, 0.25) is 0 Å². The fourth-order valence-corrected chi connectivity index (χ4v) is 1.64. The van der Waals surface area contributed by atoms with Crippen molar-refractivity contribution in [2.45, 2.75) is 19.8 Å². The van der Waals surface area contributed by atoms with Crippen molar-refractivity contribution in [3.63, 3.8) is 0 Å². The molecule has 1 aromatic carbocycles. The molecule has 0 saturated carbocycles. The van der Waals surface area contributed by atoms with Crippen LogP contribution < -0.4 is 5.32 Å². The van der Waals surface area contributed by atoms with Crippen LogP contribution in [0.5, 0.6) is 0 Å². The first-order chi connectivity index (χ1) is 8.27. The van der Waals surface area contributed by atoms with Crippen LogP contribution in [0.1, 0.15) is 25.3 Å². The van der Waals surface area contributed by atoms with Crippen LogP contribution in [0.15, 0.2) is 18.2 Å². The molecule has 0 aliphatic carbocycles. The standard InChI is InChI=1S/C13H17ClN2O/c1-2-17-8-4-3-7-16-12-6-5-11(10-15)13(14)9-12/h5-6,9,16H,2-4,7-8H2,1H3. The number of hydrogen-bond donors (Lipinski definition) is 1. The van der Waals surface area contributed by atoms with Crippen molar-refractivity contribution >= 4 is 17.3 Å². The summed E-state index contributed by atoms with van der Waals surface area (Å²) in [5.41, 5.74) is 1.46. The van der Waals surface area contributed by atoms with Gasteiger partial charge in [0.05, 0.1) is 10.6 Å². The zero-order valence-corrected chi connectivity index (χ0v) is 10.8. The Morgan fingerprint density at radius 3 is 2.88 bits per heavy atom. The van der Waals surface area contributed by atoms with Crippen LogP contribution in [0, 0.1) is 11.3 Å². The molecule has 0 unspecified atom stereocenters. The molecule has 0 atom stereocenters. The number of rotatable bonds is 7. The van der Waals surface area contributed by atoms with E-state index in [0.717, 1.165) is 38.3 Å². The van der Waals surface area contributed by atoms with E-state index in [2.05, 4.69) is 5.32 Å². The molecule has 0 heterocycles. The summed E-state index contributed by atoms with van der Waals surface area (Å²) >= 11 is 5.93. The van der Waals surface area contributed by atoms with E-state index in [9.17, 15) is 0 Å². The van der Waals surface area contributed by atoms with E-state index >= 15 is 0 Å².